The molecule has 1 aromatic heterocycles. The van der Waals surface area contributed by atoms with E-state index in [1.165, 1.54) is 25.1 Å². The van der Waals surface area contributed by atoms with Gasteiger partial charge in [-0.15, -0.1) is 0 Å². The molecule has 0 atom stereocenters. The van der Waals surface area contributed by atoms with E-state index in [1.54, 1.807) is 0 Å². The lowest BCUT2D eigenvalue weighted by Crippen LogP contribution is -2.04. The molecule has 0 aliphatic heterocycles. The van der Waals surface area contributed by atoms with Crippen LogP contribution in [0.25, 0.3) is 0 Å². The van der Waals surface area contributed by atoms with Crippen LogP contribution in [0.4, 0.5) is 0 Å². The predicted octanol–water partition coefficient (Wildman–Crippen LogP) is 3.18. The first-order valence-electron chi connectivity index (χ1n) is 6.28. The Balaban J connectivity index is 2.08. The molecular formula is C15H16N2O3. The molecule has 0 aliphatic carbocycles. The standard InChI is InChI=1S/C15H16N2O3/c1-10(2)11-4-6-12(7-5-11)20-14-9-16-13(8-17-14)15(18)19-3/h4-10H,1-3H3. The number of hydrogen-bond donors (Lipinski definition) is 0. The van der Waals surface area contributed by atoms with Crippen LogP contribution in [0.3, 0.4) is 0 Å². The van der Waals surface area contributed by atoms with Crippen molar-refractivity contribution in [2.24, 2.45) is 0 Å². The van der Waals surface area contributed by atoms with Gasteiger partial charge in [0.15, 0.2) is 5.69 Å². The fourth-order valence-electron chi connectivity index (χ4n) is 1.62. The topological polar surface area (TPSA) is 61.3 Å². The fraction of sp³-hybridized carbons (Fsp3) is 0.267. The molecule has 2 aromatic rings. The molecule has 0 fully saturated rings. The Kier molecular flexibility index (Phi) is 4.30. The monoisotopic (exact) mass is 272 g/mol. The van der Waals surface area contributed by atoms with E-state index in [4.69, 9.17) is 4.74 Å². The lowest BCUT2D eigenvalue weighted by Gasteiger charge is -2.07. The smallest absolute Gasteiger partial charge is 0.358 e. The zero-order chi connectivity index (χ0) is 14.5. The summed E-state index contributed by atoms with van der Waals surface area (Å²) in [5, 5.41) is 0. The largest absolute Gasteiger partial charge is 0.464 e. The van der Waals surface area contributed by atoms with E-state index in [-0.39, 0.29) is 5.69 Å². The number of aromatic nitrogens is 2. The number of benzene rings is 1. The minimum absolute atomic E-state index is 0.148. The average molecular weight is 272 g/mol. The maximum Gasteiger partial charge on any atom is 0.358 e. The second-order valence-corrected chi connectivity index (χ2v) is 4.56. The van der Waals surface area contributed by atoms with Gasteiger partial charge in [-0.1, -0.05) is 26.0 Å². The van der Waals surface area contributed by atoms with Crippen LogP contribution in [0.1, 0.15) is 35.8 Å². The van der Waals surface area contributed by atoms with Crippen LogP contribution in [0.15, 0.2) is 36.7 Å². The molecule has 0 N–H and O–H groups in total. The number of carbonyl (C=O) groups excluding carboxylic acids is 1. The Hall–Kier alpha value is -2.43. The average Bonchev–Trinajstić information content (AvgIpc) is 2.48. The zero-order valence-corrected chi connectivity index (χ0v) is 11.7. The molecule has 1 heterocycles. The van der Waals surface area contributed by atoms with Gasteiger partial charge in [0, 0.05) is 0 Å². The maximum absolute atomic E-state index is 11.2. The second kappa shape index (κ2) is 6.14. The number of carbonyl (C=O) groups is 1. The molecular weight excluding hydrogens is 256 g/mol. The van der Waals surface area contributed by atoms with Crippen molar-refractivity contribution in [2.75, 3.05) is 7.11 Å². The van der Waals surface area contributed by atoms with Gasteiger partial charge in [-0.05, 0) is 23.6 Å². The van der Waals surface area contributed by atoms with E-state index in [2.05, 4.69) is 28.6 Å². The van der Waals surface area contributed by atoms with Crippen molar-refractivity contribution in [2.45, 2.75) is 19.8 Å². The first-order chi connectivity index (χ1) is 9.60. The summed E-state index contributed by atoms with van der Waals surface area (Å²) in [7, 11) is 1.30. The summed E-state index contributed by atoms with van der Waals surface area (Å²) in [6.07, 6.45) is 2.71. The van der Waals surface area contributed by atoms with Crippen molar-refractivity contribution >= 4 is 5.97 Å². The van der Waals surface area contributed by atoms with Crippen LogP contribution in [0.5, 0.6) is 11.6 Å². The van der Waals surface area contributed by atoms with Crippen LogP contribution in [-0.2, 0) is 4.74 Å². The van der Waals surface area contributed by atoms with Crippen molar-refractivity contribution in [1.82, 2.24) is 9.97 Å². The van der Waals surface area contributed by atoms with Gasteiger partial charge in [0.05, 0.1) is 19.5 Å². The number of rotatable bonds is 4. The highest BCUT2D eigenvalue weighted by Crippen LogP contribution is 2.22. The molecule has 1 aromatic carbocycles. The molecule has 2 rings (SSSR count). The third-order valence-electron chi connectivity index (χ3n) is 2.79. The Bertz CT molecular complexity index is 577. The fourth-order valence-corrected chi connectivity index (χ4v) is 1.62. The summed E-state index contributed by atoms with van der Waals surface area (Å²) in [5.74, 6) is 0.956. The molecule has 5 heteroatoms. The van der Waals surface area contributed by atoms with Gasteiger partial charge in [-0.2, -0.15) is 0 Å². The molecule has 0 radical (unpaired) electrons. The van der Waals surface area contributed by atoms with Crippen LogP contribution >= 0.6 is 0 Å². The number of hydrogen-bond acceptors (Lipinski definition) is 5. The Morgan fingerprint density at radius 1 is 1.10 bits per heavy atom. The molecule has 0 amide bonds. The van der Waals surface area contributed by atoms with Gasteiger partial charge in [0.25, 0.3) is 0 Å². The van der Waals surface area contributed by atoms with Gasteiger partial charge in [-0.3, -0.25) is 0 Å². The SMILES string of the molecule is COC(=O)c1cnc(Oc2ccc(C(C)C)cc2)cn1. The number of ether oxygens (including phenoxy) is 2. The quantitative estimate of drug-likeness (QED) is 0.800. The number of esters is 1. The molecule has 20 heavy (non-hydrogen) atoms. The third-order valence-corrected chi connectivity index (χ3v) is 2.79. The summed E-state index contributed by atoms with van der Waals surface area (Å²) in [4.78, 5) is 19.2. The predicted molar refractivity (Wildman–Crippen MR) is 74.0 cm³/mol. The van der Waals surface area contributed by atoms with E-state index >= 15 is 0 Å². The summed E-state index contributed by atoms with van der Waals surface area (Å²) in [6, 6.07) is 7.78. The highest BCUT2D eigenvalue weighted by atomic mass is 16.5. The molecule has 0 unspecified atom stereocenters. The molecule has 104 valence electrons. The number of nitrogens with zero attached hydrogens (tertiary/aromatic N) is 2. The van der Waals surface area contributed by atoms with Crippen molar-refractivity contribution in [3.05, 3.63) is 47.9 Å². The van der Waals surface area contributed by atoms with Crippen molar-refractivity contribution in [3.8, 4) is 11.6 Å². The summed E-state index contributed by atoms with van der Waals surface area (Å²) >= 11 is 0. The van der Waals surface area contributed by atoms with Gasteiger partial charge >= 0.3 is 5.97 Å². The van der Waals surface area contributed by atoms with E-state index in [1.807, 2.05) is 24.3 Å². The molecule has 0 bridgehead atoms. The van der Waals surface area contributed by atoms with E-state index in [0.29, 0.717) is 17.5 Å². The highest BCUT2D eigenvalue weighted by molar-refractivity contribution is 5.86. The first kappa shape index (κ1) is 14.0. The van der Waals surface area contributed by atoms with Gasteiger partial charge in [0.1, 0.15) is 5.75 Å². The van der Waals surface area contributed by atoms with Crippen LogP contribution in [0.2, 0.25) is 0 Å². The Morgan fingerprint density at radius 2 is 1.80 bits per heavy atom. The minimum atomic E-state index is -0.523. The van der Waals surface area contributed by atoms with Crippen LogP contribution < -0.4 is 4.74 Å². The summed E-state index contributed by atoms with van der Waals surface area (Å²) < 4.78 is 10.1. The lowest BCUT2D eigenvalue weighted by atomic mass is 10.0. The Labute approximate surface area is 117 Å². The minimum Gasteiger partial charge on any atom is -0.464 e. The second-order valence-electron chi connectivity index (χ2n) is 4.56. The van der Waals surface area contributed by atoms with Crippen molar-refractivity contribution in [3.63, 3.8) is 0 Å². The highest BCUT2D eigenvalue weighted by Gasteiger charge is 2.08. The maximum atomic E-state index is 11.2. The normalized spacial score (nSPS) is 10.4. The molecule has 0 aliphatic rings. The van der Waals surface area contributed by atoms with Gasteiger partial charge < -0.3 is 9.47 Å². The van der Waals surface area contributed by atoms with E-state index in [9.17, 15) is 4.79 Å². The van der Waals surface area contributed by atoms with E-state index in [0.717, 1.165) is 0 Å². The van der Waals surface area contributed by atoms with Crippen LogP contribution in [-0.4, -0.2) is 23.0 Å². The summed E-state index contributed by atoms with van der Waals surface area (Å²) in [6.45, 7) is 4.26. The van der Waals surface area contributed by atoms with Gasteiger partial charge in [-0.25, -0.2) is 14.8 Å². The van der Waals surface area contributed by atoms with Crippen LogP contribution in [0, 0.1) is 0 Å². The third kappa shape index (κ3) is 3.32. The van der Waals surface area contributed by atoms with E-state index < -0.39 is 5.97 Å². The molecule has 0 spiro atoms. The molecule has 0 saturated carbocycles. The molecule has 0 saturated heterocycles. The first-order valence-corrected chi connectivity index (χ1v) is 6.28. The summed E-state index contributed by atoms with van der Waals surface area (Å²) in [5.41, 5.74) is 1.39. The van der Waals surface area contributed by atoms with Crippen molar-refractivity contribution < 1.29 is 14.3 Å². The lowest BCUT2D eigenvalue weighted by molar-refractivity contribution is 0.0593. The number of methoxy groups -OCH3 is 1. The zero-order valence-electron chi connectivity index (χ0n) is 11.7. The van der Waals surface area contributed by atoms with Crippen molar-refractivity contribution in [1.29, 1.82) is 0 Å². The molecule has 5 nitrogen and oxygen atoms in total. The Morgan fingerprint density at radius 3 is 2.30 bits per heavy atom. The van der Waals surface area contributed by atoms with Gasteiger partial charge in [0.2, 0.25) is 5.88 Å².